The fourth-order valence-electron chi connectivity index (χ4n) is 1.91. The third-order valence-corrected chi connectivity index (χ3v) is 3.12. The Balaban J connectivity index is 2.28. The van der Waals surface area contributed by atoms with E-state index in [1.165, 1.54) is 19.2 Å². The predicted octanol–water partition coefficient (Wildman–Crippen LogP) is 4.01. The monoisotopic (exact) mass is 310 g/mol. The lowest BCUT2D eigenvalue weighted by Crippen LogP contribution is -2.06. The van der Waals surface area contributed by atoms with E-state index >= 15 is 0 Å². The van der Waals surface area contributed by atoms with Gasteiger partial charge in [0.2, 0.25) is 0 Å². The van der Waals surface area contributed by atoms with Gasteiger partial charge >= 0.3 is 0 Å². The molecule has 0 saturated heterocycles. The first-order chi connectivity index (χ1) is 10.0. The molecule has 5 nitrogen and oxygen atoms in total. The van der Waals surface area contributed by atoms with Crippen molar-refractivity contribution < 1.29 is 14.1 Å². The highest BCUT2D eigenvalue weighted by molar-refractivity contribution is 6.30. The SMILES string of the molecule is COc1ccc(Cl)cc1CNc1c(F)cccc1[N+](=O)[O-]. The number of rotatable bonds is 5. The van der Waals surface area contributed by atoms with Crippen LogP contribution < -0.4 is 10.1 Å². The van der Waals surface area contributed by atoms with Crippen molar-refractivity contribution in [1.29, 1.82) is 0 Å². The summed E-state index contributed by atoms with van der Waals surface area (Å²) in [6, 6.07) is 8.67. The third-order valence-electron chi connectivity index (χ3n) is 2.89. The number of nitro groups is 1. The summed E-state index contributed by atoms with van der Waals surface area (Å²) in [6.07, 6.45) is 0. The lowest BCUT2D eigenvalue weighted by Gasteiger charge is -2.11. The number of para-hydroxylation sites is 1. The smallest absolute Gasteiger partial charge is 0.295 e. The minimum absolute atomic E-state index is 0.144. The van der Waals surface area contributed by atoms with Gasteiger partial charge in [0.1, 0.15) is 11.4 Å². The van der Waals surface area contributed by atoms with Gasteiger partial charge in [-0.25, -0.2) is 4.39 Å². The first-order valence-electron chi connectivity index (χ1n) is 6.02. The van der Waals surface area contributed by atoms with E-state index in [4.69, 9.17) is 16.3 Å². The first kappa shape index (κ1) is 15.1. The van der Waals surface area contributed by atoms with Gasteiger partial charge in [0.25, 0.3) is 5.69 Å². The Morgan fingerprint density at radius 2 is 2.14 bits per heavy atom. The van der Waals surface area contributed by atoms with Gasteiger partial charge in [-0.2, -0.15) is 0 Å². The molecule has 1 N–H and O–H groups in total. The second kappa shape index (κ2) is 6.41. The fourth-order valence-corrected chi connectivity index (χ4v) is 2.10. The highest BCUT2D eigenvalue weighted by Gasteiger charge is 2.17. The summed E-state index contributed by atoms with van der Waals surface area (Å²) in [7, 11) is 1.50. The molecule has 0 aliphatic heterocycles. The minimum atomic E-state index is -0.690. The molecule has 2 aromatic carbocycles. The molecule has 0 saturated carbocycles. The molecule has 0 atom stereocenters. The number of nitro benzene ring substituents is 1. The van der Waals surface area contributed by atoms with Crippen molar-refractivity contribution >= 4 is 23.0 Å². The molecule has 0 heterocycles. The van der Waals surface area contributed by atoms with Crippen LogP contribution in [0.1, 0.15) is 5.56 Å². The van der Waals surface area contributed by atoms with E-state index in [-0.39, 0.29) is 17.9 Å². The van der Waals surface area contributed by atoms with E-state index in [2.05, 4.69) is 5.32 Å². The average Bonchev–Trinajstić information content (AvgIpc) is 2.45. The van der Waals surface area contributed by atoms with Gasteiger partial charge in [-0.05, 0) is 24.3 Å². The molecule has 2 rings (SSSR count). The molecule has 7 heteroatoms. The number of nitrogens with one attached hydrogen (secondary N) is 1. The van der Waals surface area contributed by atoms with Gasteiger partial charge in [0.05, 0.1) is 12.0 Å². The number of hydrogen-bond donors (Lipinski definition) is 1. The molecule has 0 fully saturated rings. The number of halogens is 2. The van der Waals surface area contributed by atoms with Crippen LogP contribution in [0.5, 0.6) is 5.75 Å². The zero-order valence-electron chi connectivity index (χ0n) is 11.1. The lowest BCUT2D eigenvalue weighted by atomic mass is 10.2. The molecular weight excluding hydrogens is 299 g/mol. The van der Waals surface area contributed by atoms with Crippen molar-refractivity contribution in [3.8, 4) is 5.75 Å². The molecule has 0 spiro atoms. The molecule has 110 valence electrons. The van der Waals surface area contributed by atoms with Gasteiger partial charge in [0, 0.05) is 23.2 Å². The average molecular weight is 311 g/mol. The molecule has 0 bridgehead atoms. The third kappa shape index (κ3) is 3.41. The van der Waals surface area contributed by atoms with Crippen LogP contribution in [0.3, 0.4) is 0 Å². The summed E-state index contributed by atoms with van der Waals surface area (Å²) in [5, 5.41) is 14.1. The highest BCUT2D eigenvalue weighted by atomic mass is 35.5. The van der Waals surface area contributed by atoms with Crippen LogP contribution in [0, 0.1) is 15.9 Å². The van der Waals surface area contributed by atoms with Crippen molar-refractivity contribution in [3.63, 3.8) is 0 Å². The van der Waals surface area contributed by atoms with Crippen LogP contribution in [-0.2, 0) is 6.54 Å². The Bertz CT molecular complexity index is 679. The summed E-state index contributed by atoms with van der Waals surface area (Å²) in [6.45, 7) is 0.144. The van der Waals surface area contributed by atoms with Gasteiger partial charge < -0.3 is 10.1 Å². The molecule has 0 aromatic heterocycles. The summed E-state index contributed by atoms with van der Waals surface area (Å²) in [5.41, 5.74) is 0.183. The maximum absolute atomic E-state index is 13.8. The van der Waals surface area contributed by atoms with E-state index in [1.54, 1.807) is 18.2 Å². The summed E-state index contributed by atoms with van der Waals surface area (Å²) >= 11 is 5.90. The van der Waals surface area contributed by atoms with E-state index in [1.807, 2.05) is 0 Å². The number of ether oxygens (including phenoxy) is 1. The number of hydrogen-bond acceptors (Lipinski definition) is 4. The van der Waals surface area contributed by atoms with Crippen molar-refractivity contribution in [2.75, 3.05) is 12.4 Å². The largest absolute Gasteiger partial charge is 0.496 e. The van der Waals surface area contributed by atoms with Crippen LogP contribution in [-0.4, -0.2) is 12.0 Å². The molecule has 0 radical (unpaired) electrons. The Morgan fingerprint density at radius 3 is 2.81 bits per heavy atom. The molecule has 21 heavy (non-hydrogen) atoms. The zero-order chi connectivity index (χ0) is 15.4. The maximum atomic E-state index is 13.8. The Morgan fingerprint density at radius 1 is 1.38 bits per heavy atom. The fraction of sp³-hybridized carbons (Fsp3) is 0.143. The van der Waals surface area contributed by atoms with Crippen LogP contribution in [0.15, 0.2) is 36.4 Å². The van der Waals surface area contributed by atoms with Crippen molar-refractivity contribution in [2.45, 2.75) is 6.54 Å². The number of nitrogens with zero attached hydrogens (tertiary/aromatic N) is 1. The zero-order valence-corrected chi connectivity index (χ0v) is 11.9. The van der Waals surface area contributed by atoms with Crippen LogP contribution in [0.4, 0.5) is 15.8 Å². The number of benzene rings is 2. The first-order valence-corrected chi connectivity index (χ1v) is 6.40. The maximum Gasteiger partial charge on any atom is 0.295 e. The van der Waals surface area contributed by atoms with Crippen LogP contribution in [0.2, 0.25) is 5.02 Å². The van der Waals surface area contributed by atoms with Gasteiger partial charge in [-0.15, -0.1) is 0 Å². The number of anilines is 1. The molecular formula is C14H12ClFN2O3. The Labute approximate surface area is 125 Å². The molecule has 2 aromatic rings. The summed E-state index contributed by atoms with van der Waals surface area (Å²) < 4.78 is 18.9. The van der Waals surface area contributed by atoms with Crippen LogP contribution in [0.25, 0.3) is 0 Å². The van der Waals surface area contributed by atoms with Gasteiger partial charge in [0.15, 0.2) is 5.82 Å². The molecule has 0 aliphatic carbocycles. The van der Waals surface area contributed by atoms with Crippen molar-refractivity contribution in [1.82, 2.24) is 0 Å². The normalized spacial score (nSPS) is 10.2. The van der Waals surface area contributed by atoms with E-state index in [0.29, 0.717) is 16.3 Å². The second-order valence-electron chi connectivity index (χ2n) is 4.20. The quantitative estimate of drug-likeness (QED) is 0.669. The summed E-state index contributed by atoms with van der Waals surface area (Å²) in [5.74, 6) is -0.129. The van der Waals surface area contributed by atoms with E-state index < -0.39 is 10.7 Å². The van der Waals surface area contributed by atoms with Crippen molar-refractivity contribution in [3.05, 3.63) is 62.9 Å². The van der Waals surface area contributed by atoms with Crippen molar-refractivity contribution in [2.24, 2.45) is 0 Å². The highest BCUT2D eigenvalue weighted by Crippen LogP contribution is 2.29. The minimum Gasteiger partial charge on any atom is -0.496 e. The molecule has 0 amide bonds. The van der Waals surface area contributed by atoms with Gasteiger partial charge in [-0.1, -0.05) is 17.7 Å². The molecule has 0 unspecified atom stereocenters. The van der Waals surface area contributed by atoms with E-state index in [9.17, 15) is 14.5 Å². The molecule has 0 aliphatic rings. The lowest BCUT2D eigenvalue weighted by molar-refractivity contribution is -0.384. The van der Waals surface area contributed by atoms with Crippen LogP contribution >= 0.6 is 11.6 Å². The second-order valence-corrected chi connectivity index (χ2v) is 4.64. The Hall–Kier alpha value is -2.34. The van der Waals surface area contributed by atoms with Gasteiger partial charge in [-0.3, -0.25) is 10.1 Å². The standard InChI is InChI=1S/C14H12ClFN2O3/c1-21-13-6-5-10(15)7-9(13)8-17-14-11(16)3-2-4-12(14)18(19)20/h2-7,17H,8H2,1H3. The number of methoxy groups -OCH3 is 1. The predicted molar refractivity (Wildman–Crippen MR) is 78.4 cm³/mol. The Kier molecular flexibility index (Phi) is 4.59. The summed E-state index contributed by atoms with van der Waals surface area (Å²) in [4.78, 5) is 10.3. The van der Waals surface area contributed by atoms with E-state index in [0.717, 1.165) is 6.07 Å². The topological polar surface area (TPSA) is 64.4 Å².